The fraction of sp³-hybridized carbons (Fsp3) is 0.188. The lowest BCUT2D eigenvalue weighted by Gasteiger charge is -2.17. The Morgan fingerprint density at radius 2 is 1.76 bits per heavy atom. The number of halogens is 2. The van der Waals surface area contributed by atoms with Crippen LogP contribution in [0.2, 0.25) is 0 Å². The first-order valence-corrected chi connectivity index (χ1v) is 8.93. The first-order chi connectivity index (χ1) is 11.6. The van der Waals surface area contributed by atoms with Gasteiger partial charge in [0.05, 0.1) is 19.1 Å². The number of nitrogens with one attached hydrogen (secondary N) is 2. The van der Waals surface area contributed by atoms with Crippen LogP contribution in [0.4, 0.5) is 20.2 Å². The number of anilines is 2. The van der Waals surface area contributed by atoms with E-state index in [2.05, 4.69) is 10.0 Å². The summed E-state index contributed by atoms with van der Waals surface area (Å²) in [6, 6.07) is 10.5. The topological polar surface area (TPSA) is 84.5 Å². The van der Waals surface area contributed by atoms with Crippen molar-refractivity contribution in [1.82, 2.24) is 0 Å². The van der Waals surface area contributed by atoms with E-state index in [1.807, 2.05) is 0 Å². The second-order valence-electron chi connectivity index (χ2n) is 5.18. The maximum atomic E-state index is 14.2. The van der Waals surface area contributed by atoms with Gasteiger partial charge in [0.1, 0.15) is 5.75 Å². The molecule has 2 aromatic rings. The maximum absolute atomic E-state index is 14.2. The van der Waals surface area contributed by atoms with Gasteiger partial charge in [-0.15, -0.1) is 0 Å². The van der Waals surface area contributed by atoms with Gasteiger partial charge in [-0.2, -0.15) is 8.78 Å². The number of ether oxygens (including phenoxy) is 1. The second-order valence-corrected chi connectivity index (χ2v) is 6.93. The molecule has 0 aromatic heterocycles. The van der Waals surface area contributed by atoms with Gasteiger partial charge in [0.15, 0.2) is 0 Å². The molecule has 0 saturated carbocycles. The summed E-state index contributed by atoms with van der Waals surface area (Å²) in [5.74, 6) is -5.16. The number of alkyl halides is 2. The van der Waals surface area contributed by atoms with Crippen LogP contribution in [0.1, 0.15) is 5.56 Å². The summed E-state index contributed by atoms with van der Waals surface area (Å²) < 4.78 is 58.2. The molecule has 2 aromatic carbocycles. The van der Waals surface area contributed by atoms with Crippen molar-refractivity contribution in [2.45, 2.75) is 5.92 Å². The number of rotatable bonds is 6. The van der Waals surface area contributed by atoms with E-state index in [4.69, 9.17) is 4.74 Å². The van der Waals surface area contributed by atoms with Crippen molar-refractivity contribution >= 4 is 27.3 Å². The van der Waals surface area contributed by atoms with Crippen LogP contribution >= 0.6 is 0 Å². The number of hydrogen-bond donors (Lipinski definition) is 2. The monoisotopic (exact) mass is 370 g/mol. The Morgan fingerprint density at radius 1 is 1.12 bits per heavy atom. The van der Waals surface area contributed by atoms with Crippen LogP contribution in [0.3, 0.4) is 0 Å². The van der Waals surface area contributed by atoms with Gasteiger partial charge in [-0.1, -0.05) is 30.3 Å². The third-order valence-corrected chi connectivity index (χ3v) is 3.77. The SMILES string of the molecule is COc1cc(NC(=O)C(F)(F)c2ccccc2)ccc1NS(C)(=O)=O. The summed E-state index contributed by atoms with van der Waals surface area (Å²) in [4.78, 5) is 11.9. The molecule has 2 N–H and O–H groups in total. The molecule has 9 heteroatoms. The number of hydrogen-bond acceptors (Lipinski definition) is 4. The van der Waals surface area contributed by atoms with Crippen molar-refractivity contribution < 1.29 is 26.7 Å². The molecular weight excluding hydrogens is 354 g/mol. The van der Waals surface area contributed by atoms with Crippen molar-refractivity contribution in [3.8, 4) is 5.75 Å². The minimum absolute atomic E-state index is 0.0384. The van der Waals surface area contributed by atoms with Crippen LogP contribution in [-0.2, 0) is 20.7 Å². The molecule has 0 radical (unpaired) electrons. The molecule has 0 saturated heterocycles. The fourth-order valence-electron chi connectivity index (χ4n) is 2.04. The number of carbonyl (C=O) groups excluding carboxylic acids is 1. The third kappa shape index (κ3) is 4.66. The zero-order valence-corrected chi connectivity index (χ0v) is 14.2. The third-order valence-electron chi connectivity index (χ3n) is 3.18. The Balaban J connectivity index is 2.24. The van der Waals surface area contributed by atoms with Crippen molar-refractivity contribution in [2.24, 2.45) is 0 Å². The van der Waals surface area contributed by atoms with Gasteiger partial charge in [-0.25, -0.2) is 8.42 Å². The number of methoxy groups -OCH3 is 1. The molecule has 25 heavy (non-hydrogen) atoms. The molecule has 0 bridgehead atoms. The molecule has 0 atom stereocenters. The Hall–Kier alpha value is -2.68. The Bertz CT molecular complexity index is 871. The van der Waals surface area contributed by atoms with E-state index in [0.717, 1.165) is 18.4 Å². The van der Waals surface area contributed by atoms with Gasteiger partial charge in [-0.05, 0) is 12.1 Å². The van der Waals surface area contributed by atoms with E-state index in [9.17, 15) is 22.0 Å². The molecule has 0 fully saturated rings. The summed E-state index contributed by atoms with van der Waals surface area (Å²) in [7, 11) is -2.26. The summed E-state index contributed by atoms with van der Waals surface area (Å²) in [5, 5.41) is 2.10. The number of sulfonamides is 1. The quantitative estimate of drug-likeness (QED) is 0.819. The van der Waals surface area contributed by atoms with Crippen LogP contribution in [0.15, 0.2) is 48.5 Å². The lowest BCUT2D eigenvalue weighted by molar-refractivity contribution is -0.140. The van der Waals surface area contributed by atoms with E-state index < -0.39 is 27.4 Å². The first-order valence-electron chi connectivity index (χ1n) is 7.04. The molecular formula is C16H16F2N2O4S. The molecule has 0 spiro atoms. The molecule has 0 unspecified atom stereocenters. The van der Waals surface area contributed by atoms with E-state index in [1.54, 1.807) is 6.07 Å². The predicted octanol–water partition coefficient (Wildman–Crippen LogP) is 2.80. The van der Waals surface area contributed by atoms with E-state index in [0.29, 0.717) is 0 Å². The van der Waals surface area contributed by atoms with Gasteiger partial charge in [0.25, 0.3) is 5.91 Å². The van der Waals surface area contributed by atoms with Gasteiger partial charge < -0.3 is 10.1 Å². The number of carbonyl (C=O) groups is 1. The summed E-state index contributed by atoms with van der Waals surface area (Å²) in [6.45, 7) is 0. The summed E-state index contributed by atoms with van der Waals surface area (Å²) in [6.07, 6.45) is 0.961. The van der Waals surface area contributed by atoms with Crippen LogP contribution < -0.4 is 14.8 Å². The Morgan fingerprint density at radius 3 is 2.32 bits per heavy atom. The van der Waals surface area contributed by atoms with Crippen molar-refractivity contribution in [3.63, 3.8) is 0 Å². The molecule has 0 aliphatic heterocycles. The number of benzene rings is 2. The molecule has 1 amide bonds. The van der Waals surface area contributed by atoms with Gasteiger partial charge in [0, 0.05) is 17.3 Å². The van der Waals surface area contributed by atoms with Crippen molar-refractivity contribution in [2.75, 3.05) is 23.4 Å². The van der Waals surface area contributed by atoms with Gasteiger partial charge >= 0.3 is 5.92 Å². The minimum Gasteiger partial charge on any atom is -0.494 e. The highest BCUT2D eigenvalue weighted by Gasteiger charge is 2.40. The summed E-state index contributed by atoms with van der Waals surface area (Å²) >= 11 is 0. The molecule has 0 aliphatic carbocycles. The lowest BCUT2D eigenvalue weighted by atomic mass is 10.1. The average Bonchev–Trinajstić information content (AvgIpc) is 2.55. The molecule has 2 rings (SSSR count). The molecule has 6 nitrogen and oxygen atoms in total. The van der Waals surface area contributed by atoms with Crippen LogP contribution in [0, 0.1) is 0 Å². The fourth-order valence-corrected chi connectivity index (χ4v) is 2.61. The van der Waals surface area contributed by atoms with Crippen LogP contribution in [0.5, 0.6) is 5.75 Å². The zero-order valence-electron chi connectivity index (χ0n) is 13.4. The minimum atomic E-state index is -3.72. The molecule has 0 aliphatic rings. The average molecular weight is 370 g/mol. The molecule has 134 valence electrons. The first kappa shape index (κ1) is 18.7. The van der Waals surface area contributed by atoms with Crippen molar-refractivity contribution in [1.29, 1.82) is 0 Å². The summed E-state index contributed by atoms with van der Waals surface area (Å²) in [5.41, 5.74) is -0.274. The standard InChI is InChI=1S/C16H16F2N2O4S/c1-24-14-10-12(8-9-13(14)20-25(2,22)23)19-15(21)16(17,18)11-6-4-3-5-7-11/h3-10,20H,1-2H3,(H,19,21). The van der Waals surface area contributed by atoms with Gasteiger partial charge in [-0.3, -0.25) is 9.52 Å². The maximum Gasteiger partial charge on any atom is 0.350 e. The predicted molar refractivity (Wildman–Crippen MR) is 90.4 cm³/mol. The van der Waals surface area contributed by atoms with Crippen LogP contribution in [-0.4, -0.2) is 27.7 Å². The van der Waals surface area contributed by atoms with Gasteiger partial charge in [0.2, 0.25) is 10.0 Å². The second kappa shape index (κ2) is 7.06. The largest absolute Gasteiger partial charge is 0.494 e. The Kier molecular flexibility index (Phi) is 5.27. The van der Waals surface area contributed by atoms with E-state index >= 15 is 0 Å². The van der Waals surface area contributed by atoms with Crippen molar-refractivity contribution in [3.05, 3.63) is 54.1 Å². The smallest absolute Gasteiger partial charge is 0.350 e. The zero-order chi connectivity index (χ0) is 18.7. The lowest BCUT2D eigenvalue weighted by Crippen LogP contribution is -2.32. The molecule has 0 heterocycles. The normalized spacial score (nSPS) is 11.7. The highest BCUT2D eigenvalue weighted by atomic mass is 32.2. The highest BCUT2D eigenvalue weighted by Crippen LogP contribution is 2.32. The number of amides is 1. The van der Waals surface area contributed by atoms with Crippen LogP contribution in [0.25, 0.3) is 0 Å². The van der Waals surface area contributed by atoms with E-state index in [-0.39, 0.29) is 17.1 Å². The highest BCUT2D eigenvalue weighted by molar-refractivity contribution is 7.92. The van der Waals surface area contributed by atoms with E-state index in [1.165, 1.54) is 37.4 Å². The Labute approximate surface area is 143 Å².